The zero-order valence-corrected chi connectivity index (χ0v) is 10.5. The first kappa shape index (κ1) is 12.0. The topological polar surface area (TPSA) is 38.0 Å². The Bertz CT molecular complexity index is 523. The number of benzene rings is 2. The first-order valence-corrected chi connectivity index (χ1v) is 5.89. The van der Waals surface area contributed by atoms with E-state index in [0.29, 0.717) is 6.54 Å². The maximum atomic E-state index is 5.92. The summed E-state index contributed by atoms with van der Waals surface area (Å²) in [4.78, 5) is 0. The van der Waals surface area contributed by atoms with E-state index in [1.165, 1.54) is 0 Å². The lowest BCUT2D eigenvalue weighted by Gasteiger charge is -2.10. The van der Waals surface area contributed by atoms with E-state index in [1.807, 2.05) is 49.4 Å². The van der Waals surface area contributed by atoms with Crippen molar-refractivity contribution in [3.8, 4) is 0 Å². The average Bonchev–Trinajstić information content (AvgIpc) is 2.33. The molecule has 0 bridgehead atoms. The van der Waals surface area contributed by atoms with Crippen molar-refractivity contribution in [1.29, 1.82) is 0 Å². The molecular weight excluding hydrogens is 232 g/mol. The van der Waals surface area contributed by atoms with Crippen molar-refractivity contribution in [3.05, 3.63) is 58.6 Å². The van der Waals surface area contributed by atoms with E-state index >= 15 is 0 Å². The lowest BCUT2D eigenvalue weighted by atomic mass is 10.1. The minimum atomic E-state index is 0.551. The molecule has 17 heavy (non-hydrogen) atoms. The number of aryl methyl sites for hydroxylation is 1. The van der Waals surface area contributed by atoms with Gasteiger partial charge in [-0.05, 0) is 48.4 Å². The second-order valence-electron chi connectivity index (χ2n) is 3.99. The Labute approximate surface area is 106 Å². The van der Waals surface area contributed by atoms with Crippen LogP contribution in [0.15, 0.2) is 42.5 Å². The normalized spacial score (nSPS) is 10.3. The lowest BCUT2D eigenvalue weighted by molar-refractivity contribution is 1.07. The molecule has 0 aromatic heterocycles. The summed E-state index contributed by atoms with van der Waals surface area (Å²) in [7, 11) is 0. The van der Waals surface area contributed by atoms with Gasteiger partial charge in [0.25, 0.3) is 0 Å². The molecule has 0 atom stereocenters. The van der Waals surface area contributed by atoms with E-state index < -0.39 is 0 Å². The number of halogens is 1. The van der Waals surface area contributed by atoms with Gasteiger partial charge in [0.2, 0.25) is 0 Å². The Morgan fingerprint density at radius 3 is 2.71 bits per heavy atom. The van der Waals surface area contributed by atoms with Gasteiger partial charge in [-0.15, -0.1) is 0 Å². The largest absolute Gasteiger partial charge is 0.355 e. The van der Waals surface area contributed by atoms with E-state index in [1.54, 1.807) is 0 Å². The minimum absolute atomic E-state index is 0.551. The Hall–Kier alpha value is -1.51. The van der Waals surface area contributed by atoms with Crippen LogP contribution in [0.5, 0.6) is 0 Å². The number of nitrogens with two attached hydrogens (primary N) is 1. The summed E-state index contributed by atoms with van der Waals surface area (Å²) >= 11 is 5.92. The predicted molar refractivity (Wildman–Crippen MR) is 73.8 cm³/mol. The van der Waals surface area contributed by atoms with Crippen LogP contribution in [-0.2, 0) is 6.54 Å². The SMILES string of the molecule is Cc1cc(Cl)ccc1Nc1cccc(CN)c1. The van der Waals surface area contributed by atoms with Crippen molar-refractivity contribution >= 4 is 23.0 Å². The van der Waals surface area contributed by atoms with E-state index in [9.17, 15) is 0 Å². The van der Waals surface area contributed by atoms with E-state index in [0.717, 1.165) is 27.5 Å². The third kappa shape index (κ3) is 2.99. The maximum Gasteiger partial charge on any atom is 0.0414 e. The van der Waals surface area contributed by atoms with Gasteiger partial charge in [0, 0.05) is 22.9 Å². The second kappa shape index (κ2) is 5.21. The van der Waals surface area contributed by atoms with E-state index in [-0.39, 0.29) is 0 Å². The second-order valence-corrected chi connectivity index (χ2v) is 4.43. The molecule has 0 spiro atoms. The van der Waals surface area contributed by atoms with Crippen LogP contribution in [0, 0.1) is 6.92 Å². The van der Waals surface area contributed by atoms with E-state index in [4.69, 9.17) is 17.3 Å². The third-order valence-corrected chi connectivity index (χ3v) is 2.87. The van der Waals surface area contributed by atoms with Gasteiger partial charge in [-0.3, -0.25) is 0 Å². The minimum Gasteiger partial charge on any atom is -0.355 e. The molecule has 0 aliphatic carbocycles. The first-order chi connectivity index (χ1) is 8.19. The average molecular weight is 247 g/mol. The summed E-state index contributed by atoms with van der Waals surface area (Å²) in [5.41, 5.74) is 9.95. The molecule has 0 fully saturated rings. The molecule has 2 aromatic rings. The van der Waals surface area contributed by atoms with Gasteiger partial charge in [-0.2, -0.15) is 0 Å². The van der Waals surface area contributed by atoms with Gasteiger partial charge < -0.3 is 11.1 Å². The van der Waals surface area contributed by atoms with Gasteiger partial charge in [0.05, 0.1) is 0 Å². The smallest absolute Gasteiger partial charge is 0.0414 e. The number of nitrogens with one attached hydrogen (secondary N) is 1. The highest BCUT2D eigenvalue weighted by molar-refractivity contribution is 6.30. The van der Waals surface area contributed by atoms with Crippen molar-refractivity contribution in [1.82, 2.24) is 0 Å². The van der Waals surface area contributed by atoms with Crippen molar-refractivity contribution in [2.24, 2.45) is 5.73 Å². The first-order valence-electron chi connectivity index (χ1n) is 5.51. The van der Waals surface area contributed by atoms with E-state index in [2.05, 4.69) is 5.32 Å². The summed E-state index contributed by atoms with van der Waals surface area (Å²) in [6.07, 6.45) is 0. The summed E-state index contributed by atoms with van der Waals surface area (Å²) in [6.45, 7) is 2.58. The molecule has 0 amide bonds. The molecule has 3 heteroatoms. The summed E-state index contributed by atoms with van der Waals surface area (Å²) in [5.74, 6) is 0. The molecule has 88 valence electrons. The van der Waals surface area contributed by atoms with Crippen LogP contribution in [0.3, 0.4) is 0 Å². The fourth-order valence-electron chi connectivity index (χ4n) is 1.70. The molecule has 0 unspecified atom stereocenters. The fourth-order valence-corrected chi connectivity index (χ4v) is 1.93. The molecule has 0 aliphatic rings. The molecule has 0 aliphatic heterocycles. The number of anilines is 2. The molecule has 0 heterocycles. The Kier molecular flexibility index (Phi) is 3.67. The molecule has 0 saturated heterocycles. The van der Waals surface area contributed by atoms with Crippen molar-refractivity contribution < 1.29 is 0 Å². The molecule has 0 saturated carbocycles. The molecule has 0 radical (unpaired) electrons. The molecular formula is C14H15ClN2. The highest BCUT2D eigenvalue weighted by Gasteiger charge is 2.00. The van der Waals surface area contributed by atoms with Gasteiger partial charge in [0.15, 0.2) is 0 Å². The molecule has 2 rings (SSSR count). The van der Waals surface area contributed by atoms with Crippen LogP contribution in [0.2, 0.25) is 5.02 Å². The van der Waals surface area contributed by atoms with Gasteiger partial charge in [-0.25, -0.2) is 0 Å². The predicted octanol–water partition coefficient (Wildman–Crippen LogP) is 3.85. The monoisotopic (exact) mass is 246 g/mol. The standard InChI is InChI=1S/C14H15ClN2/c1-10-7-12(15)5-6-14(10)17-13-4-2-3-11(8-13)9-16/h2-8,17H,9,16H2,1H3. The van der Waals surface area contributed by atoms with Gasteiger partial charge in [-0.1, -0.05) is 23.7 Å². The highest BCUT2D eigenvalue weighted by atomic mass is 35.5. The zero-order chi connectivity index (χ0) is 12.3. The summed E-state index contributed by atoms with van der Waals surface area (Å²) in [6, 6.07) is 13.9. The van der Waals surface area contributed by atoms with Crippen LogP contribution in [-0.4, -0.2) is 0 Å². The Balaban J connectivity index is 2.25. The third-order valence-electron chi connectivity index (χ3n) is 2.63. The number of hydrogen-bond donors (Lipinski definition) is 2. The Morgan fingerprint density at radius 1 is 1.18 bits per heavy atom. The number of rotatable bonds is 3. The molecule has 2 nitrogen and oxygen atoms in total. The molecule has 3 N–H and O–H groups in total. The number of hydrogen-bond acceptors (Lipinski definition) is 2. The van der Waals surface area contributed by atoms with Crippen LogP contribution < -0.4 is 11.1 Å². The van der Waals surface area contributed by atoms with Gasteiger partial charge in [0.1, 0.15) is 0 Å². The summed E-state index contributed by atoms with van der Waals surface area (Å²) < 4.78 is 0. The van der Waals surface area contributed by atoms with Crippen molar-refractivity contribution in [2.45, 2.75) is 13.5 Å². The van der Waals surface area contributed by atoms with Crippen LogP contribution in [0.1, 0.15) is 11.1 Å². The highest BCUT2D eigenvalue weighted by Crippen LogP contribution is 2.23. The Morgan fingerprint density at radius 2 is 2.00 bits per heavy atom. The van der Waals surface area contributed by atoms with Crippen molar-refractivity contribution in [2.75, 3.05) is 5.32 Å². The lowest BCUT2D eigenvalue weighted by Crippen LogP contribution is -1.98. The van der Waals surface area contributed by atoms with Crippen LogP contribution in [0.4, 0.5) is 11.4 Å². The van der Waals surface area contributed by atoms with Gasteiger partial charge >= 0.3 is 0 Å². The quantitative estimate of drug-likeness (QED) is 0.863. The van der Waals surface area contributed by atoms with Crippen molar-refractivity contribution in [3.63, 3.8) is 0 Å². The summed E-state index contributed by atoms with van der Waals surface area (Å²) in [5, 5.41) is 4.11. The molecule has 2 aromatic carbocycles. The van der Waals surface area contributed by atoms with Crippen LogP contribution >= 0.6 is 11.6 Å². The fraction of sp³-hybridized carbons (Fsp3) is 0.143. The zero-order valence-electron chi connectivity index (χ0n) is 9.70. The van der Waals surface area contributed by atoms with Crippen LogP contribution in [0.25, 0.3) is 0 Å². The maximum absolute atomic E-state index is 5.92.